The highest BCUT2D eigenvalue weighted by atomic mass is 35.5. The number of carbonyl (C=O) groups is 1. The van der Waals surface area contributed by atoms with E-state index in [4.69, 9.17) is 16.3 Å². The standard InChI is InChI=1S/C19H24ClFN4O2/c1-19(10-27-11-19)24-16(26)9-25-6-4-12(5-7-25)8-15-22-17-13(20)2-3-14(21)18(17)23-15/h2-3,12H,4-11H2,1H3,(H,22,23)(H,24,26). The van der Waals surface area contributed by atoms with Crippen LogP contribution in [0.2, 0.25) is 5.02 Å². The Morgan fingerprint density at radius 1 is 1.44 bits per heavy atom. The summed E-state index contributed by atoms with van der Waals surface area (Å²) in [5.41, 5.74) is 0.669. The second-order valence-corrected chi connectivity index (χ2v) is 8.37. The number of nitrogens with one attached hydrogen (secondary N) is 2. The highest BCUT2D eigenvalue weighted by Gasteiger charge is 2.35. The lowest BCUT2D eigenvalue weighted by Crippen LogP contribution is -2.61. The third kappa shape index (κ3) is 4.10. The number of hydrogen-bond donors (Lipinski definition) is 2. The first-order chi connectivity index (χ1) is 12.9. The number of hydrogen-bond acceptors (Lipinski definition) is 4. The molecular weight excluding hydrogens is 371 g/mol. The average molecular weight is 395 g/mol. The first kappa shape index (κ1) is 18.7. The molecule has 2 saturated heterocycles. The van der Waals surface area contributed by atoms with E-state index in [-0.39, 0.29) is 17.3 Å². The first-order valence-electron chi connectivity index (χ1n) is 9.35. The summed E-state index contributed by atoms with van der Waals surface area (Å²) >= 11 is 6.12. The Kier molecular flexibility index (Phi) is 5.09. The topological polar surface area (TPSA) is 70.2 Å². The second-order valence-electron chi connectivity index (χ2n) is 7.96. The van der Waals surface area contributed by atoms with Crippen LogP contribution in [0.25, 0.3) is 11.0 Å². The van der Waals surface area contributed by atoms with Crippen LogP contribution in [0.15, 0.2) is 12.1 Å². The van der Waals surface area contributed by atoms with Gasteiger partial charge in [0.05, 0.1) is 35.8 Å². The van der Waals surface area contributed by atoms with Crippen molar-refractivity contribution in [2.24, 2.45) is 5.92 Å². The summed E-state index contributed by atoms with van der Waals surface area (Å²) in [4.78, 5) is 21.9. The number of benzene rings is 1. The summed E-state index contributed by atoms with van der Waals surface area (Å²) in [6, 6.07) is 2.88. The Labute approximate surface area is 162 Å². The molecule has 27 heavy (non-hydrogen) atoms. The van der Waals surface area contributed by atoms with Gasteiger partial charge in [-0.05, 0) is 50.9 Å². The summed E-state index contributed by atoms with van der Waals surface area (Å²) in [7, 11) is 0. The molecule has 146 valence electrons. The SMILES string of the molecule is CC1(NC(=O)CN2CCC(Cc3nc4c(F)ccc(Cl)c4[nH]3)CC2)COC1. The number of H-pyrrole nitrogens is 1. The molecule has 1 aromatic heterocycles. The third-order valence-corrected chi connectivity index (χ3v) is 5.75. The first-order valence-corrected chi connectivity index (χ1v) is 9.73. The molecule has 2 N–H and O–H groups in total. The number of aromatic amines is 1. The molecule has 2 aromatic rings. The molecule has 0 saturated carbocycles. The summed E-state index contributed by atoms with van der Waals surface area (Å²) in [5, 5.41) is 3.53. The fraction of sp³-hybridized carbons (Fsp3) is 0.579. The average Bonchev–Trinajstić information content (AvgIpc) is 3.04. The van der Waals surface area contributed by atoms with Crippen LogP contribution in [-0.2, 0) is 16.0 Å². The highest BCUT2D eigenvalue weighted by molar-refractivity contribution is 6.34. The van der Waals surface area contributed by atoms with Gasteiger partial charge in [-0.2, -0.15) is 0 Å². The van der Waals surface area contributed by atoms with Crippen LogP contribution >= 0.6 is 11.6 Å². The van der Waals surface area contributed by atoms with Crippen LogP contribution < -0.4 is 5.32 Å². The lowest BCUT2D eigenvalue weighted by Gasteiger charge is -2.39. The van der Waals surface area contributed by atoms with Crippen molar-refractivity contribution in [2.75, 3.05) is 32.8 Å². The number of fused-ring (bicyclic) bond motifs is 1. The van der Waals surface area contributed by atoms with E-state index in [0.717, 1.165) is 38.2 Å². The van der Waals surface area contributed by atoms with Crippen molar-refractivity contribution in [3.8, 4) is 0 Å². The Hall–Kier alpha value is -1.70. The molecule has 0 bridgehead atoms. The predicted molar refractivity (Wildman–Crippen MR) is 101 cm³/mol. The minimum atomic E-state index is -0.358. The van der Waals surface area contributed by atoms with Gasteiger partial charge in [0.2, 0.25) is 5.91 Å². The zero-order chi connectivity index (χ0) is 19.0. The molecule has 0 unspecified atom stereocenters. The molecule has 1 amide bonds. The molecule has 8 heteroatoms. The fourth-order valence-electron chi connectivity index (χ4n) is 3.85. The van der Waals surface area contributed by atoms with Crippen molar-refractivity contribution in [2.45, 2.75) is 31.7 Å². The molecule has 0 spiro atoms. The molecule has 6 nitrogen and oxygen atoms in total. The van der Waals surface area contributed by atoms with Crippen molar-refractivity contribution in [1.82, 2.24) is 20.2 Å². The van der Waals surface area contributed by atoms with Crippen LogP contribution in [0.5, 0.6) is 0 Å². The molecule has 0 aliphatic carbocycles. The van der Waals surface area contributed by atoms with Gasteiger partial charge in [-0.3, -0.25) is 9.69 Å². The Morgan fingerprint density at radius 3 is 2.81 bits per heavy atom. The molecular formula is C19H24ClFN4O2. The summed E-state index contributed by atoms with van der Waals surface area (Å²) < 4.78 is 19.1. The van der Waals surface area contributed by atoms with Crippen LogP contribution in [0.4, 0.5) is 4.39 Å². The fourth-order valence-corrected chi connectivity index (χ4v) is 4.05. The van der Waals surface area contributed by atoms with Crippen molar-refractivity contribution >= 4 is 28.5 Å². The monoisotopic (exact) mass is 394 g/mol. The number of nitrogens with zero attached hydrogens (tertiary/aromatic N) is 2. The largest absolute Gasteiger partial charge is 0.376 e. The Balaban J connectivity index is 1.29. The van der Waals surface area contributed by atoms with Crippen molar-refractivity contribution in [3.63, 3.8) is 0 Å². The van der Waals surface area contributed by atoms with E-state index in [2.05, 4.69) is 20.2 Å². The number of ether oxygens (including phenoxy) is 1. The maximum Gasteiger partial charge on any atom is 0.234 e. The molecule has 2 aliphatic heterocycles. The van der Waals surface area contributed by atoms with Crippen LogP contribution in [-0.4, -0.2) is 59.2 Å². The number of amides is 1. The lowest BCUT2D eigenvalue weighted by atomic mass is 9.93. The van der Waals surface area contributed by atoms with Gasteiger partial charge in [0.25, 0.3) is 0 Å². The van der Waals surface area contributed by atoms with E-state index in [0.29, 0.717) is 41.7 Å². The normalized spacial score (nSPS) is 20.6. The van der Waals surface area contributed by atoms with Gasteiger partial charge in [-0.15, -0.1) is 0 Å². The van der Waals surface area contributed by atoms with Crippen molar-refractivity contribution in [3.05, 3.63) is 28.8 Å². The van der Waals surface area contributed by atoms with Gasteiger partial charge in [-0.25, -0.2) is 9.37 Å². The number of aromatic nitrogens is 2. The van der Waals surface area contributed by atoms with Gasteiger partial charge < -0.3 is 15.0 Å². The smallest absolute Gasteiger partial charge is 0.234 e. The van der Waals surface area contributed by atoms with E-state index in [1.165, 1.54) is 6.07 Å². The number of halogens is 2. The second kappa shape index (κ2) is 7.37. The minimum Gasteiger partial charge on any atom is -0.376 e. The van der Waals surface area contributed by atoms with Gasteiger partial charge >= 0.3 is 0 Å². The predicted octanol–water partition coefficient (Wildman–Crippen LogP) is 2.52. The van der Waals surface area contributed by atoms with Gasteiger partial charge in [0, 0.05) is 6.42 Å². The van der Waals surface area contributed by atoms with Gasteiger partial charge in [-0.1, -0.05) is 11.6 Å². The summed E-state index contributed by atoms with van der Waals surface area (Å²) in [5.74, 6) is 0.931. The molecule has 3 heterocycles. The molecule has 0 atom stereocenters. The van der Waals surface area contributed by atoms with E-state index < -0.39 is 0 Å². The molecule has 2 aliphatic rings. The molecule has 0 radical (unpaired) electrons. The maximum absolute atomic E-state index is 13.9. The van der Waals surface area contributed by atoms with Crippen LogP contribution in [0.1, 0.15) is 25.6 Å². The lowest BCUT2D eigenvalue weighted by molar-refractivity contribution is -0.132. The number of piperidine rings is 1. The quantitative estimate of drug-likeness (QED) is 0.817. The minimum absolute atomic E-state index is 0.0571. The van der Waals surface area contributed by atoms with Crippen molar-refractivity contribution in [1.29, 1.82) is 0 Å². The Morgan fingerprint density at radius 2 is 2.19 bits per heavy atom. The summed E-state index contributed by atoms with van der Waals surface area (Å²) in [6.45, 7) is 5.35. The van der Waals surface area contributed by atoms with Crippen LogP contribution in [0.3, 0.4) is 0 Å². The molecule has 4 rings (SSSR count). The zero-order valence-electron chi connectivity index (χ0n) is 15.4. The van der Waals surface area contributed by atoms with E-state index >= 15 is 0 Å². The van der Waals surface area contributed by atoms with Crippen molar-refractivity contribution < 1.29 is 13.9 Å². The number of rotatable bonds is 5. The van der Waals surface area contributed by atoms with Crippen LogP contribution in [0, 0.1) is 11.7 Å². The Bertz CT molecular complexity index is 805. The van der Waals surface area contributed by atoms with Gasteiger partial charge in [0.15, 0.2) is 5.82 Å². The number of likely N-dealkylation sites (tertiary alicyclic amines) is 1. The van der Waals surface area contributed by atoms with E-state index in [9.17, 15) is 9.18 Å². The molecule has 1 aromatic carbocycles. The van der Waals surface area contributed by atoms with Gasteiger partial charge in [0.1, 0.15) is 11.3 Å². The number of imidazole rings is 1. The summed E-state index contributed by atoms with van der Waals surface area (Å²) in [6.07, 6.45) is 2.74. The number of carbonyl (C=O) groups excluding carboxylic acids is 1. The van der Waals surface area contributed by atoms with E-state index in [1.807, 2.05) is 6.92 Å². The maximum atomic E-state index is 13.9. The van der Waals surface area contributed by atoms with E-state index in [1.54, 1.807) is 6.07 Å². The third-order valence-electron chi connectivity index (χ3n) is 5.43. The highest BCUT2D eigenvalue weighted by Crippen LogP contribution is 2.26. The molecule has 2 fully saturated rings. The zero-order valence-corrected chi connectivity index (χ0v) is 16.1.